The maximum absolute atomic E-state index is 11.7. The third kappa shape index (κ3) is 2.94. The summed E-state index contributed by atoms with van der Waals surface area (Å²) < 4.78 is 5.26. The maximum atomic E-state index is 11.7. The molecule has 0 aliphatic heterocycles. The number of nitrogens with zero attached hydrogens (tertiary/aromatic N) is 1. The molecule has 0 saturated heterocycles. The number of hydrogen-bond acceptors (Lipinski definition) is 3. The summed E-state index contributed by atoms with van der Waals surface area (Å²) in [5.41, 5.74) is 3.84. The number of aromatic nitrogens is 1. The molecule has 0 saturated carbocycles. The van der Waals surface area contributed by atoms with Crippen molar-refractivity contribution in [2.45, 2.75) is 20.5 Å². The number of carbonyl (C=O) groups is 1. The van der Waals surface area contributed by atoms with Gasteiger partial charge in [-0.3, -0.25) is 4.98 Å². The van der Waals surface area contributed by atoms with Crippen LogP contribution < -0.4 is 0 Å². The fourth-order valence-corrected chi connectivity index (χ4v) is 1.72. The van der Waals surface area contributed by atoms with Crippen LogP contribution in [0.1, 0.15) is 27.0 Å². The van der Waals surface area contributed by atoms with Crippen molar-refractivity contribution in [1.29, 1.82) is 0 Å². The van der Waals surface area contributed by atoms with Gasteiger partial charge in [0.05, 0.1) is 5.56 Å². The molecule has 0 fully saturated rings. The van der Waals surface area contributed by atoms with Gasteiger partial charge in [0, 0.05) is 12.4 Å². The zero-order valence-electron chi connectivity index (χ0n) is 10.5. The summed E-state index contributed by atoms with van der Waals surface area (Å²) in [4.78, 5) is 15.6. The number of ether oxygens (including phenoxy) is 1. The van der Waals surface area contributed by atoms with Crippen LogP contribution in [0.3, 0.4) is 0 Å². The van der Waals surface area contributed by atoms with Gasteiger partial charge in [-0.15, -0.1) is 0 Å². The fourth-order valence-electron chi connectivity index (χ4n) is 1.72. The normalized spacial score (nSPS) is 10.1. The first-order valence-electron chi connectivity index (χ1n) is 5.80. The molecule has 0 spiro atoms. The first-order chi connectivity index (χ1) is 8.66. The molecule has 18 heavy (non-hydrogen) atoms. The molecule has 0 atom stereocenters. The predicted octanol–water partition coefficient (Wildman–Crippen LogP) is 3.06. The Hall–Kier alpha value is -2.16. The van der Waals surface area contributed by atoms with Gasteiger partial charge in [0.1, 0.15) is 6.61 Å². The van der Waals surface area contributed by atoms with Crippen LogP contribution in [0.5, 0.6) is 0 Å². The number of carbonyl (C=O) groups excluding carboxylic acids is 1. The summed E-state index contributed by atoms with van der Waals surface area (Å²) in [6.45, 7) is 4.35. The molecule has 2 aromatic rings. The third-order valence-corrected chi connectivity index (χ3v) is 2.75. The fraction of sp³-hybridized carbons (Fsp3) is 0.200. The smallest absolute Gasteiger partial charge is 0.340 e. The third-order valence-electron chi connectivity index (χ3n) is 2.75. The number of benzene rings is 1. The van der Waals surface area contributed by atoms with E-state index in [1.807, 2.05) is 26.0 Å². The minimum atomic E-state index is -0.344. The highest BCUT2D eigenvalue weighted by molar-refractivity contribution is 5.88. The van der Waals surface area contributed by atoms with E-state index in [2.05, 4.69) is 11.1 Å². The van der Waals surface area contributed by atoms with Gasteiger partial charge in [0.25, 0.3) is 0 Å². The molecule has 1 aromatic heterocycles. The molecule has 1 heterocycles. The van der Waals surface area contributed by atoms with Gasteiger partial charge in [-0.05, 0) is 37.1 Å². The highest BCUT2D eigenvalue weighted by Crippen LogP contribution is 2.12. The summed E-state index contributed by atoms with van der Waals surface area (Å²) in [6, 6.07) is 9.49. The first-order valence-corrected chi connectivity index (χ1v) is 5.80. The van der Waals surface area contributed by atoms with Gasteiger partial charge in [-0.1, -0.05) is 23.8 Å². The van der Waals surface area contributed by atoms with E-state index in [9.17, 15) is 4.79 Å². The lowest BCUT2D eigenvalue weighted by Gasteiger charge is -2.08. The van der Waals surface area contributed by atoms with Crippen LogP contribution in [0.25, 0.3) is 0 Å². The van der Waals surface area contributed by atoms with Gasteiger partial charge in [0.2, 0.25) is 0 Å². The van der Waals surface area contributed by atoms with Gasteiger partial charge in [-0.2, -0.15) is 0 Å². The van der Waals surface area contributed by atoms with Crippen LogP contribution in [-0.2, 0) is 11.3 Å². The van der Waals surface area contributed by atoms with Crippen molar-refractivity contribution in [2.75, 3.05) is 0 Å². The van der Waals surface area contributed by atoms with E-state index >= 15 is 0 Å². The summed E-state index contributed by atoms with van der Waals surface area (Å²) >= 11 is 0. The lowest BCUT2D eigenvalue weighted by Crippen LogP contribution is -2.06. The van der Waals surface area contributed by atoms with Crippen molar-refractivity contribution in [3.8, 4) is 0 Å². The van der Waals surface area contributed by atoms with Crippen molar-refractivity contribution < 1.29 is 9.53 Å². The average molecular weight is 241 g/mol. The van der Waals surface area contributed by atoms with Crippen LogP contribution in [0.2, 0.25) is 0 Å². The molecule has 3 nitrogen and oxygen atoms in total. The molecule has 1 aromatic carbocycles. The van der Waals surface area contributed by atoms with Gasteiger partial charge >= 0.3 is 5.97 Å². The topological polar surface area (TPSA) is 39.2 Å². The summed E-state index contributed by atoms with van der Waals surface area (Å²) in [6.07, 6.45) is 3.13. The summed E-state index contributed by atoms with van der Waals surface area (Å²) in [7, 11) is 0. The monoisotopic (exact) mass is 241 g/mol. The Morgan fingerprint density at radius 2 is 2.11 bits per heavy atom. The van der Waals surface area contributed by atoms with Crippen LogP contribution in [-0.4, -0.2) is 11.0 Å². The maximum Gasteiger partial charge on any atom is 0.340 e. The second-order valence-corrected chi connectivity index (χ2v) is 4.25. The van der Waals surface area contributed by atoms with E-state index in [0.717, 1.165) is 11.1 Å². The van der Waals surface area contributed by atoms with E-state index in [0.29, 0.717) is 12.2 Å². The van der Waals surface area contributed by atoms with E-state index < -0.39 is 0 Å². The SMILES string of the molecule is Cc1ccc(COC(=O)c2cccnc2)c(C)c1. The average Bonchev–Trinajstić information content (AvgIpc) is 2.38. The minimum absolute atomic E-state index is 0.292. The van der Waals surface area contributed by atoms with Gasteiger partial charge in [-0.25, -0.2) is 4.79 Å². The number of hydrogen-bond donors (Lipinski definition) is 0. The Kier molecular flexibility index (Phi) is 3.72. The Morgan fingerprint density at radius 1 is 1.28 bits per heavy atom. The lowest BCUT2D eigenvalue weighted by atomic mass is 10.1. The van der Waals surface area contributed by atoms with Crippen molar-refractivity contribution in [2.24, 2.45) is 0 Å². The van der Waals surface area contributed by atoms with Gasteiger partial charge in [0.15, 0.2) is 0 Å². The van der Waals surface area contributed by atoms with E-state index in [1.165, 1.54) is 11.8 Å². The highest BCUT2D eigenvalue weighted by atomic mass is 16.5. The molecule has 0 aliphatic carbocycles. The Labute approximate surface area is 106 Å². The summed E-state index contributed by atoms with van der Waals surface area (Å²) in [5, 5.41) is 0. The van der Waals surface area contributed by atoms with E-state index in [1.54, 1.807) is 18.3 Å². The number of esters is 1. The molecular formula is C15H15NO2. The van der Waals surface area contributed by atoms with E-state index in [-0.39, 0.29) is 5.97 Å². The molecule has 0 N–H and O–H groups in total. The zero-order valence-corrected chi connectivity index (χ0v) is 10.5. The largest absolute Gasteiger partial charge is 0.457 e. The highest BCUT2D eigenvalue weighted by Gasteiger charge is 2.07. The second-order valence-electron chi connectivity index (χ2n) is 4.25. The van der Waals surface area contributed by atoms with Crippen molar-refractivity contribution in [3.05, 3.63) is 65.0 Å². The Bertz CT molecular complexity index is 550. The quantitative estimate of drug-likeness (QED) is 0.775. The molecule has 0 aliphatic rings. The van der Waals surface area contributed by atoms with Crippen LogP contribution in [0.15, 0.2) is 42.7 Å². The number of aryl methyl sites for hydroxylation is 2. The van der Waals surface area contributed by atoms with Crippen molar-refractivity contribution >= 4 is 5.97 Å². The van der Waals surface area contributed by atoms with Gasteiger partial charge < -0.3 is 4.74 Å². The standard InChI is InChI=1S/C15H15NO2/c1-11-5-6-14(12(2)8-11)10-18-15(17)13-4-3-7-16-9-13/h3-9H,10H2,1-2H3. The zero-order chi connectivity index (χ0) is 13.0. The van der Waals surface area contributed by atoms with Crippen molar-refractivity contribution in [1.82, 2.24) is 4.98 Å². The van der Waals surface area contributed by atoms with Crippen LogP contribution >= 0.6 is 0 Å². The molecule has 0 bridgehead atoms. The predicted molar refractivity (Wildman–Crippen MR) is 69.3 cm³/mol. The second kappa shape index (κ2) is 5.45. The Morgan fingerprint density at radius 3 is 2.78 bits per heavy atom. The molecule has 0 radical (unpaired) electrons. The number of pyridine rings is 1. The molecule has 2 rings (SSSR count). The van der Waals surface area contributed by atoms with Crippen LogP contribution in [0.4, 0.5) is 0 Å². The molecule has 3 heteroatoms. The first kappa shape index (κ1) is 12.3. The number of rotatable bonds is 3. The molecule has 0 unspecified atom stereocenters. The molecule has 92 valence electrons. The van der Waals surface area contributed by atoms with E-state index in [4.69, 9.17) is 4.74 Å². The van der Waals surface area contributed by atoms with Crippen LogP contribution in [0, 0.1) is 13.8 Å². The van der Waals surface area contributed by atoms with Crippen molar-refractivity contribution in [3.63, 3.8) is 0 Å². The molecular weight excluding hydrogens is 226 g/mol. The Balaban J connectivity index is 2.02. The molecule has 0 amide bonds. The minimum Gasteiger partial charge on any atom is -0.457 e. The lowest BCUT2D eigenvalue weighted by molar-refractivity contribution is 0.0471. The summed E-state index contributed by atoms with van der Waals surface area (Å²) in [5.74, 6) is -0.344.